The van der Waals surface area contributed by atoms with Gasteiger partial charge in [0, 0.05) is 22.2 Å². The topological polar surface area (TPSA) is 48.7 Å². The standard InChI is InChI=1S/C16H19N3S/c1-11-5-6-12(8-17)7-14(11)18-9-13-10-19-15(20-13)16(2,3)4/h5-7,10,18H,9H2,1-4H3. The number of nitriles is 1. The summed E-state index contributed by atoms with van der Waals surface area (Å²) in [4.78, 5) is 5.69. The first-order chi connectivity index (χ1) is 9.40. The number of aromatic nitrogens is 1. The van der Waals surface area contributed by atoms with E-state index >= 15 is 0 Å². The van der Waals surface area contributed by atoms with Crippen LogP contribution in [0.3, 0.4) is 0 Å². The first kappa shape index (κ1) is 14.5. The van der Waals surface area contributed by atoms with Gasteiger partial charge in [0.2, 0.25) is 0 Å². The van der Waals surface area contributed by atoms with Gasteiger partial charge in [-0.3, -0.25) is 0 Å². The molecule has 0 unspecified atom stereocenters. The summed E-state index contributed by atoms with van der Waals surface area (Å²) in [5.74, 6) is 0. The first-order valence-electron chi connectivity index (χ1n) is 6.60. The van der Waals surface area contributed by atoms with Gasteiger partial charge in [-0.15, -0.1) is 11.3 Å². The quantitative estimate of drug-likeness (QED) is 0.918. The van der Waals surface area contributed by atoms with Crippen LogP contribution in [-0.4, -0.2) is 4.98 Å². The van der Waals surface area contributed by atoms with E-state index in [1.807, 2.05) is 31.3 Å². The fraction of sp³-hybridized carbons (Fsp3) is 0.375. The van der Waals surface area contributed by atoms with Crippen molar-refractivity contribution in [2.45, 2.75) is 39.7 Å². The van der Waals surface area contributed by atoms with Crippen LogP contribution in [0.2, 0.25) is 0 Å². The van der Waals surface area contributed by atoms with Crippen LogP contribution in [0.4, 0.5) is 5.69 Å². The SMILES string of the molecule is Cc1ccc(C#N)cc1NCc1cnc(C(C)(C)C)s1. The monoisotopic (exact) mass is 285 g/mol. The second-order valence-corrected chi connectivity index (χ2v) is 6.99. The van der Waals surface area contributed by atoms with Crippen molar-refractivity contribution in [3.05, 3.63) is 45.4 Å². The summed E-state index contributed by atoms with van der Waals surface area (Å²) in [6, 6.07) is 7.86. The highest BCUT2D eigenvalue weighted by Gasteiger charge is 2.17. The number of thiazole rings is 1. The van der Waals surface area contributed by atoms with E-state index in [2.05, 4.69) is 37.1 Å². The Morgan fingerprint density at radius 1 is 1.35 bits per heavy atom. The lowest BCUT2D eigenvalue weighted by atomic mass is 9.98. The zero-order chi connectivity index (χ0) is 14.8. The van der Waals surface area contributed by atoms with Crippen LogP contribution in [0.1, 0.15) is 41.8 Å². The summed E-state index contributed by atoms with van der Waals surface area (Å²) in [6.45, 7) is 9.29. The Balaban J connectivity index is 2.09. The average Bonchev–Trinajstić information content (AvgIpc) is 2.86. The summed E-state index contributed by atoms with van der Waals surface area (Å²) in [7, 11) is 0. The Morgan fingerprint density at radius 3 is 2.70 bits per heavy atom. The van der Waals surface area contributed by atoms with Gasteiger partial charge in [0.15, 0.2) is 0 Å². The van der Waals surface area contributed by atoms with E-state index in [0.717, 1.165) is 22.8 Å². The van der Waals surface area contributed by atoms with Crippen molar-refractivity contribution in [1.29, 1.82) is 5.26 Å². The van der Waals surface area contributed by atoms with Crippen molar-refractivity contribution in [3.63, 3.8) is 0 Å². The maximum Gasteiger partial charge on any atom is 0.0992 e. The smallest absolute Gasteiger partial charge is 0.0992 e. The van der Waals surface area contributed by atoms with Gasteiger partial charge >= 0.3 is 0 Å². The Bertz CT molecular complexity index is 644. The molecule has 0 saturated carbocycles. The van der Waals surface area contributed by atoms with Crippen molar-refractivity contribution < 1.29 is 0 Å². The first-order valence-corrected chi connectivity index (χ1v) is 7.41. The third-order valence-corrected chi connectivity index (χ3v) is 4.44. The lowest BCUT2D eigenvalue weighted by Gasteiger charge is -2.13. The average molecular weight is 285 g/mol. The number of nitrogens with one attached hydrogen (secondary N) is 1. The van der Waals surface area contributed by atoms with E-state index in [-0.39, 0.29) is 5.41 Å². The zero-order valence-electron chi connectivity index (χ0n) is 12.3. The van der Waals surface area contributed by atoms with E-state index < -0.39 is 0 Å². The molecule has 1 heterocycles. The molecule has 1 N–H and O–H groups in total. The van der Waals surface area contributed by atoms with Crippen molar-refractivity contribution in [1.82, 2.24) is 4.98 Å². The minimum absolute atomic E-state index is 0.0968. The lowest BCUT2D eigenvalue weighted by molar-refractivity contribution is 0.585. The molecule has 0 atom stereocenters. The fourth-order valence-electron chi connectivity index (χ4n) is 1.80. The van der Waals surface area contributed by atoms with Crippen LogP contribution >= 0.6 is 11.3 Å². The zero-order valence-corrected chi connectivity index (χ0v) is 13.1. The van der Waals surface area contributed by atoms with Gasteiger partial charge in [0.25, 0.3) is 0 Å². The van der Waals surface area contributed by atoms with Gasteiger partial charge < -0.3 is 5.32 Å². The van der Waals surface area contributed by atoms with Crippen LogP contribution in [0.5, 0.6) is 0 Å². The molecule has 3 nitrogen and oxygen atoms in total. The molecule has 20 heavy (non-hydrogen) atoms. The molecule has 0 saturated heterocycles. The van der Waals surface area contributed by atoms with Gasteiger partial charge in [-0.1, -0.05) is 26.8 Å². The second-order valence-electron chi connectivity index (χ2n) is 5.88. The Labute approximate surface area is 124 Å². The highest BCUT2D eigenvalue weighted by Crippen LogP contribution is 2.27. The van der Waals surface area contributed by atoms with E-state index in [1.54, 1.807) is 11.3 Å². The lowest BCUT2D eigenvalue weighted by Crippen LogP contribution is -2.09. The van der Waals surface area contributed by atoms with Gasteiger partial charge in [-0.05, 0) is 24.6 Å². The number of aryl methyl sites for hydroxylation is 1. The Morgan fingerprint density at radius 2 is 2.10 bits per heavy atom. The molecule has 104 valence electrons. The van der Waals surface area contributed by atoms with E-state index in [0.29, 0.717) is 5.56 Å². The molecule has 0 amide bonds. The molecule has 0 fully saturated rings. The van der Waals surface area contributed by atoms with Gasteiger partial charge in [-0.2, -0.15) is 5.26 Å². The molecule has 1 aromatic carbocycles. The van der Waals surface area contributed by atoms with Gasteiger partial charge in [0.05, 0.1) is 23.2 Å². The number of rotatable bonds is 3. The molecule has 0 aliphatic rings. The molecule has 2 aromatic rings. The summed E-state index contributed by atoms with van der Waals surface area (Å²) >= 11 is 1.74. The second kappa shape index (κ2) is 5.64. The van der Waals surface area contributed by atoms with Crippen LogP contribution < -0.4 is 5.32 Å². The van der Waals surface area contributed by atoms with Crippen LogP contribution in [0.25, 0.3) is 0 Å². The predicted octanol–water partition coefficient (Wildman–Crippen LogP) is 4.23. The van der Waals surface area contributed by atoms with Crippen LogP contribution in [0, 0.1) is 18.3 Å². The summed E-state index contributed by atoms with van der Waals surface area (Å²) in [6.07, 6.45) is 1.93. The largest absolute Gasteiger partial charge is 0.380 e. The number of anilines is 1. The molecule has 0 spiro atoms. The molecular weight excluding hydrogens is 266 g/mol. The molecule has 0 aliphatic heterocycles. The Kier molecular flexibility index (Phi) is 4.10. The van der Waals surface area contributed by atoms with Crippen LogP contribution in [0.15, 0.2) is 24.4 Å². The molecule has 2 rings (SSSR count). The summed E-state index contributed by atoms with van der Waals surface area (Å²) in [5, 5.41) is 13.5. The number of hydrogen-bond donors (Lipinski definition) is 1. The predicted molar refractivity (Wildman–Crippen MR) is 84.0 cm³/mol. The maximum absolute atomic E-state index is 8.95. The Hall–Kier alpha value is -1.86. The van der Waals surface area contributed by atoms with E-state index in [1.165, 1.54) is 4.88 Å². The molecule has 1 aromatic heterocycles. The number of nitrogens with zero attached hydrogens (tertiary/aromatic N) is 2. The summed E-state index contributed by atoms with van der Waals surface area (Å²) < 4.78 is 0. The number of benzene rings is 1. The maximum atomic E-state index is 8.95. The third kappa shape index (κ3) is 3.37. The molecule has 0 aliphatic carbocycles. The van der Waals surface area contributed by atoms with Crippen molar-refractivity contribution in [3.8, 4) is 6.07 Å². The van der Waals surface area contributed by atoms with Gasteiger partial charge in [-0.25, -0.2) is 4.98 Å². The summed E-state index contributed by atoms with van der Waals surface area (Å²) in [5.41, 5.74) is 2.93. The highest BCUT2D eigenvalue weighted by molar-refractivity contribution is 7.11. The molecule has 0 radical (unpaired) electrons. The van der Waals surface area contributed by atoms with Gasteiger partial charge in [0.1, 0.15) is 0 Å². The minimum Gasteiger partial charge on any atom is -0.380 e. The normalized spacial score (nSPS) is 11.2. The van der Waals surface area contributed by atoms with Crippen LogP contribution in [-0.2, 0) is 12.0 Å². The molecule has 4 heteroatoms. The van der Waals surface area contributed by atoms with Crippen molar-refractivity contribution >= 4 is 17.0 Å². The fourth-order valence-corrected chi connectivity index (χ4v) is 2.71. The third-order valence-electron chi connectivity index (χ3n) is 3.01. The van der Waals surface area contributed by atoms with E-state index in [9.17, 15) is 0 Å². The van der Waals surface area contributed by atoms with Crippen molar-refractivity contribution in [2.75, 3.05) is 5.32 Å². The highest BCUT2D eigenvalue weighted by atomic mass is 32.1. The van der Waals surface area contributed by atoms with Crippen molar-refractivity contribution in [2.24, 2.45) is 0 Å². The molecule has 0 bridgehead atoms. The molecular formula is C16H19N3S. The van der Waals surface area contributed by atoms with E-state index in [4.69, 9.17) is 5.26 Å². The number of hydrogen-bond acceptors (Lipinski definition) is 4. The minimum atomic E-state index is 0.0968.